The van der Waals surface area contributed by atoms with Crippen LogP contribution in [0.1, 0.15) is 11.1 Å². The Kier molecular flexibility index (Phi) is 9.70. The van der Waals surface area contributed by atoms with E-state index in [1.807, 2.05) is 0 Å². The van der Waals surface area contributed by atoms with Crippen molar-refractivity contribution in [2.45, 2.75) is 6.18 Å². The second-order valence-electron chi connectivity index (χ2n) is 7.66. The van der Waals surface area contributed by atoms with Crippen LogP contribution in [-0.4, -0.2) is 25.5 Å². The number of ether oxygens (including phenoxy) is 2. The van der Waals surface area contributed by atoms with Crippen LogP contribution in [0.2, 0.25) is 15.1 Å². The number of anilines is 2. The summed E-state index contributed by atoms with van der Waals surface area (Å²) in [5.74, 6) is -1.18. The molecule has 2 N–H and O–H groups in total. The molecule has 0 bridgehead atoms. The van der Waals surface area contributed by atoms with E-state index >= 15 is 0 Å². The Morgan fingerprint density at radius 3 is 2.28 bits per heavy atom. The zero-order chi connectivity index (χ0) is 28.7. The van der Waals surface area contributed by atoms with Gasteiger partial charge in [0, 0.05) is 0 Å². The van der Waals surface area contributed by atoms with Crippen LogP contribution in [-0.2, 0) is 15.8 Å². The number of amides is 2. The monoisotopic (exact) mass is 597 g/mol. The van der Waals surface area contributed by atoms with Gasteiger partial charge in [0.2, 0.25) is 0 Å². The van der Waals surface area contributed by atoms with Crippen LogP contribution >= 0.6 is 34.8 Å². The summed E-state index contributed by atoms with van der Waals surface area (Å²) in [6, 6.07) is 13.2. The van der Waals surface area contributed by atoms with Gasteiger partial charge < -0.3 is 20.1 Å². The van der Waals surface area contributed by atoms with Crippen molar-refractivity contribution in [2.75, 3.05) is 24.4 Å². The van der Waals surface area contributed by atoms with Gasteiger partial charge in [-0.3, -0.25) is 9.59 Å². The number of benzene rings is 3. The number of para-hydroxylation sites is 1. The highest BCUT2D eigenvalue weighted by molar-refractivity contribution is 6.39. The Bertz CT molecular complexity index is 1470. The largest absolute Gasteiger partial charge is 0.493 e. The molecule has 0 spiro atoms. The summed E-state index contributed by atoms with van der Waals surface area (Å²) in [6.45, 7) is -0.420. The molecule has 0 fully saturated rings. The van der Waals surface area contributed by atoms with Crippen molar-refractivity contribution >= 4 is 64.1 Å². The Morgan fingerprint density at radius 1 is 0.974 bits per heavy atom. The van der Waals surface area contributed by atoms with Crippen molar-refractivity contribution in [1.82, 2.24) is 0 Å². The van der Waals surface area contributed by atoms with Crippen molar-refractivity contribution in [3.63, 3.8) is 0 Å². The average Bonchev–Trinajstić information content (AvgIpc) is 2.89. The van der Waals surface area contributed by atoms with E-state index in [2.05, 4.69) is 10.6 Å². The predicted octanol–water partition coefficient (Wildman–Crippen LogP) is 7.24. The molecule has 2 amide bonds. The maximum absolute atomic E-state index is 13.0. The molecule has 3 rings (SSSR count). The highest BCUT2D eigenvalue weighted by Crippen LogP contribution is 2.34. The normalized spacial score (nSPS) is 11.4. The standard InChI is InChI=1S/C26H17Cl3F3N3O4/c1-38-22-10-14(5-8-21(22)39-13-23(36)35-24-18(28)3-2-4-19(24)29)9-15(12-33)25(37)34-20-11-16(26(30,31)32)6-7-17(20)27/h2-11H,13H2,1H3,(H,34,37)(H,35,36)/b15-9+. The van der Waals surface area contributed by atoms with E-state index in [1.165, 1.54) is 31.4 Å². The third kappa shape index (κ3) is 7.80. The van der Waals surface area contributed by atoms with Gasteiger partial charge in [0.15, 0.2) is 18.1 Å². The van der Waals surface area contributed by atoms with Crippen molar-refractivity contribution in [1.29, 1.82) is 5.26 Å². The Labute approximate surface area is 235 Å². The summed E-state index contributed by atoms with van der Waals surface area (Å²) in [6.07, 6.45) is -3.46. The number of hydrogen-bond donors (Lipinski definition) is 2. The number of carbonyl (C=O) groups excluding carboxylic acids is 2. The molecule has 0 radical (unpaired) electrons. The fraction of sp³-hybridized carbons (Fsp3) is 0.115. The molecule has 0 saturated carbocycles. The number of nitrogens with one attached hydrogen (secondary N) is 2. The van der Waals surface area contributed by atoms with Gasteiger partial charge in [0.1, 0.15) is 11.6 Å². The lowest BCUT2D eigenvalue weighted by molar-refractivity contribution is -0.137. The van der Waals surface area contributed by atoms with Crippen LogP contribution in [0.4, 0.5) is 24.5 Å². The van der Waals surface area contributed by atoms with Crippen molar-refractivity contribution in [3.05, 3.63) is 86.4 Å². The maximum Gasteiger partial charge on any atom is 0.416 e. The third-order valence-electron chi connectivity index (χ3n) is 4.99. The average molecular weight is 599 g/mol. The van der Waals surface area contributed by atoms with Crippen molar-refractivity contribution in [3.8, 4) is 17.6 Å². The molecule has 13 heteroatoms. The van der Waals surface area contributed by atoms with Crippen LogP contribution in [0.15, 0.2) is 60.2 Å². The van der Waals surface area contributed by atoms with E-state index in [9.17, 15) is 28.0 Å². The first-order chi connectivity index (χ1) is 18.4. The van der Waals surface area contributed by atoms with Crippen LogP contribution in [0.25, 0.3) is 6.08 Å². The lowest BCUT2D eigenvalue weighted by Crippen LogP contribution is -2.20. The molecule has 3 aromatic carbocycles. The van der Waals surface area contributed by atoms with E-state index in [-0.39, 0.29) is 37.9 Å². The topological polar surface area (TPSA) is 100 Å². The number of halogens is 6. The number of rotatable bonds is 8. The molecule has 0 aliphatic heterocycles. The van der Waals surface area contributed by atoms with Crippen LogP contribution in [0.3, 0.4) is 0 Å². The molecule has 3 aromatic rings. The molecule has 39 heavy (non-hydrogen) atoms. The summed E-state index contributed by atoms with van der Waals surface area (Å²) in [4.78, 5) is 24.9. The summed E-state index contributed by atoms with van der Waals surface area (Å²) in [5.41, 5.74) is -1.19. The van der Waals surface area contributed by atoms with E-state index < -0.39 is 35.7 Å². The lowest BCUT2D eigenvalue weighted by Gasteiger charge is -2.13. The first kappa shape index (κ1) is 29.6. The molecular weight excluding hydrogens is 582 g/mol. The van der Waals surface area contributed by atoms with Gasteiger partial charge in [-0.2, -0.15) is 18.4 Å². The van der Waals surface area contributed by atoms with Gasteiger partial charge in [-0.05, 0) is 54.1 Å². The Balaban J connectivity index is 1.73. The van der Waals surface area contributed by atoms with Crippen LogP contribution in [0, 0.1) is 11.3 Å². The van der Waals surface area contributed by atoms with E-state index in [4.69, 9.17) is 44.3 Å². The number of alkyl halides is 3. The van der Waals surface area contributed by atoms with E-state index in [1.54, 1.807) is 24.3 Å². The highest BCUT2D eigenvalue weighted by atomic mass is 35.5. The summed E-state index contributed by atoms with van der Waals surface area (Å²) < 4.78 is 49.8. The molecule has 7 nitrogen and oxygen atoms in total. The van der Waals surface area contributed by atoms with Crippen molar-refractivity contribution in [2.24, 2.45) is 0 Å². The lowest BCUT2D eigenvalue weighted by atomic mass is 10.1. The van der Waals surface area contributed by atoms with E-state index in [0.29, 0.717) is 11.6 Å². The summed E-state index contributed by atoms with van der Waals surface area (Å²) >= 11 is 18.0. The number of carbonyl (C=O) groups is 2. The Hall–Kier alpha value is -3.91. The zero-order valence-corrected chi connectivity index (χ0v) is 22.1. The molecule has 202 valence electrons. The number of nitrogens with zero attached hydrogens (tertiary/aromatic N) is 1. The first-order valence-corrected chi connectivity index (χ1v) is 11.9. The van der Waals surface area contributed by atoms with Gasteiger partial charge in [-0.25, -0.2) is 0 Å². The zero-order valence-electron chi connectivity index (χ0n) is 19.8. The smallest absolute Gasteiger partial charge is 0.416 e. The fourth-order valence-corrected chi connectivity index (χ4v) is 3.79. The minimum atomic E-state index is -4.65. The molecule has 0 aliphatic carbocycles. The van der Waals surface area contributed by atoms with E-state index in [0.717, 1.165) is 12.1 Å². The Morgan fingerprint density at radius 2 is 1.67 bits per heavy atom. The van der Waals surface area contributed by atoms with Crippen LogP contribution in [0.5, 0.6) is 11.5 Å². The second-order valence-corrected chi connectivity index (χ2v) is 8.88. The molecule has 0 aromatic heterocycles. The minimum Gasteiger partial charge on any atom is -0.493 e. The molecular formula is C26H17Cl3F3N3O4. The fourth-order valence-electron chi connectivity index (χ4n) is 3.13. The molecule has 0 unspecified atom stereocenters. The third-order valence-corrected chi connectivity index (χ3v) is 5.95. The highest BCUT2D eigenvalue weighted by Gasteiger charge is 2.31. The molecule has 0 atom stereocenters. The summed E-state index contributed by atoms with van der Waals surface area (Å²) in [5, 5.41) is 14.6. The predicted molar refractivity (Wildman–Crippen MR) is 142 cm³/mol. The van der Waals surface area contributed by atoms with Gasteiger partial charge in [-0.15, -0.1) is 0 Å². The molecule has 0 heterocycles. The van der Waals surface area contributed by atoms with Crippen LogP contribution < -0.4 is 20.1 Å². The number of methoxy groups -OCH3 is 1. The van der Waals surface area contributed by atoms with Gasteiger partial charge in [-0.1, -0.05) is 46.9 Å². The first-order valence-electron chi connectivity index (χ1n) is 10.8. The number of hydrogen-bond acceptors (Lipinski definition) is 5. The van der Waals surface area contributed by atoms with Gasteiger partial charge >= 0.3 is 6.18 Å². The van der Waals surface area contributed by atoms with Gasteiger partial charge in [0.25, 0.3) is 11.8 Å². The SMILES string of the molecule is COc1cc(/C=C(\C#N)C(=O)Nc2cc(C(F)(F)F)ccc2Cl)ccc1OCC(=O)Nc1c(Cl)cccc1Cl. The number of nitriles is 1. The maximum atomic E-state index is 13.0. The minimum absolute atomic E-state index is 0.141. The van der Waals surface area contributed by atoms with Gasteiger partial charge in [0.05, 0.1) is 39.1 Å². The quantitative estimate of drug-likeness (QED) is 0.210. The summed E-state index contributed by atoms with van der Waals surface area (Å²) in [7, 11) is 1.34. The second kappa shape index (κ2) is 12.8. The molecule has 0 saturated heterocycles. The molecule has 0 aliphatic rings. The van der Waals surface area contributed by atoms with Crippen molar-refractivity contribution < 1.29 is 32.2 Å².